The first-order chi connectivity index (χ1) is 15.8. The van der Waals surface area contributed by atoms with Crippen molar-refractivity contribution in [2.75, 3.05) is 20.3 Å². The van der Waals surface area contributed by atoms with Gasteiger partial charge in [-0.3, -0.25) is 14.4 Å². The molecule has 3 N–H and O–H groups in total. The molecule has 2 amide bonds. The summed E-state index contributed by atoms with van der Waals surface area (Å²) < 4.78 is 10.00. The van der Waals surface area contributed by atoms with Crippen LogP contribution in [0.15, 0.2) is 48.5 Å². The smallest absolute Gasteiger partial charge is 0.407 e. The summed E-state index contributed by atoms with van der Waals surface area (Å²) in [4.78, 5) is 48.3. The Kier molecular flexibility index (Phi) is 7.78. The number of aliphatic hydroxyl groups excluding tert-OH is 1. The van der Waals surface area contributed by atoms with Crippen LogP contribution >= 0.6 is 0 Å². The molecule has 174 valence electrons. The summed E-state index contributed by atoms with van der Waals surface area (Å²) in [6.45, 7) is 0.617. The monoisotopic (exact) mass is 454 g/mol. The van der Waals surface area contributed by atoms with E-state index in [0.717, 1.165) is 29.4 Å². The van der Waals surface area contributed by atoms with Crippen LogP contribution in [0.2, 0.25) is 0 Å². The zero-order chi connectivity index (χ0) is 24.0. The van der Waals surface area contributed by atoms with Crippen molar-refractivity contribution in [2.45, 2.75) is 31.3 Å². The number of nitrogens with one attached hydrogen (secondary N) is 2. The summed E-state index contributed by atoms with van der Waals surface area (Å²) in [5.74, 6) is -2.20. The van der Waals surface area contributed by atoms with Crippen LogP contribution in [0, 0.1) is 0 Å². The summed E-state index contributed by atoms with van der Waals surface area (Å²) in [6.07, 6.45) is -1.37. The van der Waals surface area contributed by atoms with Crippen LogP contribution in [-0.2, 0) is 23.9 Å². The number of rotatable bonds is 9. The lowest BCUT2D eigenvalue weighted by Gasteiger charge is -2.21. The van der Waals surface area contributed by atoms with Gasteiger partial charge in [-0.1, -0.05) is 48.5 Å². The summed E-state index contributed by atoms with van der Waals surface area (Å²) >= 11 is 0. The molecule has 0 aromatic heterocycles. The van der Waals surface area contributed by atoms with Crippen molar-refractivity contribution in [1.29, 1.82) is 0 Å². The van der Waals surface area contributed by atoms with E-state index in [0.29, 0.717) is 0 Å². The quantitative estimate of drug-likeness (QED) is 0.490. The van der Waals surface area contributed by atoms with Crippen LogP contribution in [0.25, 0.3) is 11.1 Å². The molecule has 0 fully saturated rings. The number of methoxy groups -OCH3 is 1. The zero-order valence-corrected chi connectivity index (χ0v) is 18.4. The fourth-order valence-electron chi connectivity index (χ4n) is 3.79. The van der Waals surface area contributed by atoms with E-state index in [1.807, 2.05) is 48.5 Å². The first-order valence-electron chi connectivity index (χ1n) is 10.5. The van der Waals surface area contributed by atoms with Crippen LogP contribution in [0.4, 0.5) is 4.79 Å². The fraction of sp³-hybridized carbons (Fsp3) is 0.333. The molecule has 0 spiro atoms. The number of hydrogen-bond donors (Lipinski definition) is 3. The van der Waals surface area contributed by atoms with Gasteiger partial charge in [-0.2, -0.15) is 0 Å². The predicted molar refractivity (Wildman–Crippen MR) is 118 cm³/mol. The largest absolute Gasteiger partial charge is 0.469 e. The van der Waals surface area contributed by atoms with E-state index in [4.69, 9.17) is 4.74 Å². The molecule has 1 aliphatic carbocycles. The number of esters is 1. The molecule has 1 aliphatic rings. The second-order valence-electron chi connectivity index (χ2n) is 7.66. The van der Waals surface area contributed by atoms with Gasteiger partial charge >= 0.3 is 12.1 Å². The van der Waals surface area contributed by atoms with Gasteiger partial charge in [-0.25, -0.2) is 4.79 Å². The fourth-order valence-corrected chi connectivity index (χ4v) is 3.79. The summed E-state index contributed by atoms with van der Waals surface area (Å²) in [5.41, 5.74) is 4.21. The molecule has 2 aromatic rings. The number of Topliss-reactive ketones (excluding diaryl/α,β-unsaturated/α-hetero) is 1. The van der Waals surface area contributed by atoms with E-state index in [1.165, 1.54) is 6.92 Å². The number of carbonyl (C=O) groups excluding carboxylic acids is 4. The van der Waals surface area contributed by atoms with Gasteiger partial charge in [0.1, 0.15) is 18.7 Å². The Balaban J connectivity index is 1.68. The van der Waals surface area contributed by atoms with Gasteiger partial charge in [-0.05, 0) is 29.2 Å². The third kappa shape index (κ3) is 5.56. The number of aliphatic hydroxyl groups is 1. The van der Waals surface area contributed by atoms with Gasteiger partial charge in [0.15, 0.2) is 5.78 Å². The Morgan fingerprint density at radius 1 is 0.939 bits per heavy atom. The molecule has 9 nitrogen and oxygen atoms in total. The molecule has 9 heteroatoms. The zero-order valence-electron chi connectivity index (χ0n) is 18.4. The minimum atomic E-state index is -1.35. The van der Waals surface area contributed by atoms with E-state index in [1.54, 1.807) is 0 Å². The van der Waals surface area contributed by atoms with Crippen molar-refractivity contribution >= 4 is 23.8 Å². The van der Waals surface area contributed by atoms with Crippen molar-refractivity contribution in [3.05, 3.63) is 59.7 Å². The van der Waals surface area contributed by atoms with Crippen molar-refractivity contribution < 1.29 is 33.8 Å². The molecule has 0 radical (unpaired) electrons. The number of fused-ring (bicyclic) bond motifs is 3. The van der Waals surface area contributed by atoms with Gasteiger partial charge in [0.25, 0.3) is 0 Å². The number of ether oxygens (including phenoxy) is 2. The lowest BCUT2D eigenvalue weighted by atomic mass is 9.98. The van der Waals surface area contributed by atoms with Gasteiger partial charge in [0.2, 0.25) is 5.91 Å². The highest BCUT2D eigenvalue weighted by Gasteiger charge is 2.31. The Morgan fingerprint density at radius 2 is 1.52 bits per heavy atom. The Hall–Kier alpha value is -3.72. The van der Waals surface area contributed by atoms with Crippen LogP contribution in [0.5, 0.6) is 0 Å². The first kappa shape index (κ1) is 23.9. The summed E-state index contributed by atoms with van der Waals surface area (Å²) in [6, 6.07) is 13.2. The number of hydrogen-bond acceptors (Lipinski definition) is 7. The molecule has 33 heavy (non-hydrogen) atoms. The average Bonchev–Trinajstić information content (AvgIpc) is 3.14. The Labute approximate surface area is 191 Å². The molecule has 0 aliphatic heterocycles. The third-order valence-corrected chi connectivity index (χ3v) is 5.54. The third-order valence-electron chi connectivity index (χ3n) is 5.54. The molecule has 0 saturated heterocycles. The van der Waals surface area contributed by atoms with Crippen LogP contribution in [0.3, 0.4) is 0 Å². The predicted octanol–water partition coefficient (Wildman–Crippen LogP) is 1.52. The van der Waals surface area contributed by atoms with E-state index in [2.05, 4.69) is 15.4 Å². The van der Waals surface area contributed by atoms with Crippen LogP contribution in [-0.4, -0.2) is 61.3 Å². The minimum absolute atomic E-state index is 0.0269. The molecule has 0 heterocycles. The number of benzene rings is 2. The maximum atomic E-state index is 12.5. The lowest BCUT2D eigenvalue weighted by molar-refractivity contribution is -0.143. The summed E-state index contributed by atoms with van der Waals surface area (Å²) in [7, 11) is 1.15. The highest BCUT2D eigenvalue weighted by molar-refractivity contribution is 5.93. The van der Waals surface area contributed by atoms with Gasteiger partial charge in [0, 0.05) is 5.92 Å². The normalized spacial score (nSPS) is 13.8. The number of carbonyl (C=O) groups is 4. The topological polar surface area (TPSA) is 131 Å². The molecule has 2 aromatic carbocycles. The minimum Gasteiger partial charge on any atom is -0.469 e. The van der Waals surface area contributed by atoms with Crippen molar-refractivity contribution in [1.82, 2.24) is 10.6 Å². The SMILES string of the molecule is COC(=O)C[C@H](NC(=O)OCC1c2ccccc2-c2ccccc21)C(=O)N[C@@H](CO)C(C)=O. The molecular formula is C24H26N2O7. The standard InChI is InChI=1S/C24H26N2O7/c1-14(28)21(12-27)25-23(30)20(11-22(29)32-2)26-24(31)33-13-19-17-9-5-3-7-15(17)16-8-4-6-10-18(16)19/h3-10,19-21,27H,11-13H2,1-2H3,(H,25,30)(H,26,31)/t20-,21-/m0/s1. The second-order valence-corrected chi connectivity index (χ2v) is 7.66. The first-order valence-corrected chi connectivity index (χ1v) is 10.5. The van der Waals surface area contributed by atoms with Crippen LogP contribution in [0.1, 0.15) is 30.4 Å². The van der Waals surface area contributed by atoms with Crippen molar-refractivity contribution in [3.63, 3.8) is 0 Å². The molecule has 3 rings (SSSR count). The maximum absolute atomic E-state index is 12.5. The molecule has 0 bridgehead atoms. The number of ketones is 1. The van der Waals surface area contributed by atoms with E-state index < -0.39 is 48.9 Å². The highest BCUT2D eigenvalue weighted by atomic mass is 16.5. The van der Waals surface area contributed by atoms with Crippen molar-refractivity contribution in [3.8, 4) is 11.1 Å². The van der Waals surface area contributed by atoms with Gasteiger partial charge in [-0.15, -0.1) is 0 Å². The Morgan fingerprint density at radius 3 is 2.03 bits per heavy atom. The lowest BCUT2D eigenvalue weighted by Crippen LogP contribution is -2.53. The number of alkyl carbamates (subject to hydrolysis) is 1. The molecular weight excluding hydrogens is 428 g/mol. The maximum Gasteiger partial charge on any atom is 0.407 e. The number of amides is 2. The molecule has 0 saturated carbocycles. The van der Waals surface area contributed by atoms with E-state index >= 15 is 0 Å². The molecule has 0 unspecified atom stereocenters. The second kappa shape index (κ2) is 10.7. The Bertz CT molecular complexity index is 1010. The summed E-state index contributed by atoms with van der Waals surface area (Å²) in [5, 5.41) is 13.9. The van der Waals surface area contributed by atoms with E-state index in [-0.39, 0.29) is 12.5 Å². The van der Waals surface area contributed by atoms with Crippen molar-refractivity contribution in [2.24, 2.45) is 0 Å². The average molecular weight is 454 g/mol. The molecule has 2 atom stereocenters. The van der Waals surface area contributed by atoms with Crippen LogP contribution < -0.4 is 10.6 Å². The van der Waals surface area contributed by atoms with Gasteiger partial charge in [0.05, 0.1) is 20.1 Å². The highest BCUT2D eigenvalue weighted by Crippen LogP contribution is 2.44. The van der Waals surface area contributed by atoms with Gasteiger partial charge < -0.3 is 25.2 Å². The van der Waals surface area contributed by atoms with E-state index in [9.17, 15) is 24.3 Å².